The Morgan fingerprint density at radius 3 is 3.22 bits per heavy atom. The molecule has 4 nitrogen and oxygen atoms in total. The Balaban J connectivity index is 2.09. The van der Waals surface area contributed by atoms with Crippen LogP contribution >= 0.6 is 27.5 Å². The molecule has 1 aromatic heterocycles. The molecule has 0 aromatic carbocycles. The number of rotatable bonds is 3. The zero-order valence-electron chi connectivity index (χ0n) is 9.95. The number of hydrogen-bond donors (Lipinski definition) is 1. The minimum absolute atomic E-state index is 0.00360. The molecule has 2 atom stereocenters. The largest absolute Gasteiger partial charge is 0.377 e. The van der Waals surface area contributed by atoms with E-state index in [2.05, 4.69) is 26.2 Å². The van der Waals surface area contributed by atoms with Crippen molar-refractivity contribution in [2.24, 2.45) is 5.92 Å². The van der Waals surface area contributed by atoms with Crippen LogP contribution in [-0.4, -0.2) is 23.6 Å². The molecule has 1 fully saturated rings. The average molecular weight is 334 g/mol. The highest BCUT2D eigenvalue weighted by Gasteiger charge is 2.33. The normalized spacial score (nSPS) is 23.1. The Hall–Kier alpha value is -0.650. The molecule has 0 aliphatic carbocycles. The first-order valence-electron chi connectivity index (χ1n) is 5.85. The summed E-state index contributed by atoms with van der Waals surface area (Å²) >= 11 is 9.24. The van der Waals surface area contributed by atoms with Crippen LogP contribution in [0.3, 0.4) is 0 Å². The highest BCUT2D eigenvalue weighted by atomic mass is 79.9. The molecule has 0 saturated carbocycles. The third kappa shape index (κ3) is 3.02. The van der Waals surface area contributed by atoms with Gasteiger partial charge in [0.2, 0.25) is 5.91 Å². The van der Waals surface area contributed by atoms with E-state index in [1.165, 1.54) is 0 Å². The van der Waals surface area contributed by atoms with Crippen molar-refractivity contribution in [3.63, 3.8) is 0 Å². The lowest BCUT2D eigenvalue weighted by molar-refractivity contribution is -0.121. The SMILES string of the molecule is CCC1OCCC1C(=O)Nc1cc(Br)cnc1Cl. The van der Waals surface area contributed by atoms with Crippen molar-refractivity contribution in [3.8, 4) is 0 Å². The van der Waals surface area contributed by atoms with E-state index in [-0.39, 0.29) is 17.9 Å². The number of ether oxygens (including phenoxy) is 1. The van der Waals surface area contributed by atoms with E-state index in [0.717, 1.165) is 17.3 Å². The number of amides is 1. The van der Waals surface area contributed by atoms with Crippen LogP contribution in [0.1, 0.15) is 19.8 Å². The standard InChI is InChI=1S/C12H14BrClN2O2/c1-2-10-8(3-4-18-10)12(17)16-9-5-7(13)6-15-11(9)14/h5-6,8,10H,2-4H2,1H3,(H,16,17). The minimum Gasteiger partial charge on any atom is -0.377 e. The number of aromatic nitrogens is 1. The number of pyridine rings is 1. The fourth-order valence-electron chi connectivity index (χ4n) is 2.09. The highest BCUT2D eigenvalue weighted by molar-refractivity contribution is 9.10. The molecule has 0 radical (unpaired) electrons. The molecule has 1 aliphatic heterocycles. The molecule has 0 bridgehead atoms. The second-order valence-corrected chi connectivity index (χ2v) is 5.47. The quantitative estimate of drug-likeness (QED) is 0.864. The van der Waals surface area contributed by atoms with Crippen molar-refractivity contribution in [3.05, 3.63) is 21.9 Å². The van der Waals surface area contributed by atoms with Crippen LogP contribution in [-0.2, 0) is 9.53 Å². The first-order valence-corrected chi connectivity index (χ1v) is 7.02. The Kier molecular flexibility index (Phi) is 4.59. The monoisotopic (exact) mass is 332 g/mol. The summed E-state index contributed by atoms with van der Waals surface area (Å²) in [5, 5.41) is 3.10. The zero-order valence-corrected chi connectivity index (χ0v) is 12.3. The fraction of sp³-hybridized carbons (Fsp3) is 0.500. The molecule has 18 heavy (non-hydrogen) atoms. The Labute approximate surface area is 119 Å². The number of nitrogens with one attached hydrogen (secondary N) is 1. The van der Waals surface area contributed by atoms with Crippen LogP contribution in [0, 0.1) is 5.92 Å². The number of halogens is 2. The van der Waals surface area contributed by atoms with E-state index in [4.69, 9.17) is 16.3 Å². The second-order valence-electron chi connectivity index (χ2n) is 4.19. The summed E-state index contributed by atoms with van der Waals surface area (Å²) in [5.41, 5.74) is 0.526. The molecular formula is C12H14BrClN2O2. The molecule has 2 unspecified atom stereocenters. The first kappa shape index (κ1) is 13.8. The lowest BCUT2D eigenvalue weighted by Gasteiger charge is -2.16. The zero-order chi connectivity index (χ0) is 13.1. The molecule has 1 aliphatic rings. The Bertz CT molecular complexity index is 456. The number of carbonyl (C=O) groups is 1. The predicted octanol–water partition coefficient (Wildman–Crippen LogP) is 3.25. The van der Waals surface area contributed by atoms with Crippen molar-refractivity contribution < 1.29 is 9.53 Å². The maximum atomic E-state index is 12.2. The van der Waals surface area contributed by atoms with Crippen LogP contribution in [0.25, 0.3) is 0 Å². The van der Waals surface area contributed by atoms with E-state index < -0.39 is 0 Å². The highest BCUT2D eigenvalue weighted by Crippen LogP contribution is 2.27. The smallest absolute Gasteiger partial charge is 0.230 e. The van der Waals surface area contributed by atoms with Crippen LogP contribution in [0.2, 0.25) is 5.15 Å². The lowest BCUT2D eigenvalue weighted by Crippen LogP contribution is -2.29. The molecule has 1 saturated heterocycles. The number of hydrogen-bond acceptors (Lipinski definition) is 3. The van der Waals surface area contributed by atoms with Crippen LogP contribution in [0.4, 0.5) is 5.69 Å². The molecule has 2 heterocycles. The van der Waals surface area contributed by atoms with Crippen molar-refractivity contribution in [2.45, 2.75) is 25.9 Å². The number of nitrogens with zero attached hydrogens (tertiary/aromatic N) is 1. The predicted molar refractivity (Wildman–Crippen MR) is 73.7 cm³/mol. The van der Waals surface area contributed by atoms with E-state index in [1.807, 2.05) is 6.92 Å². The molecule has 2 rings (SSSR count). The van der Waals surface area contributed by atoms with Gasteiger partial charge in [0.25, 0.3) is 0 Å². The van der Waals surface area contributed by atoms with Gasteiger partial charge in [-0.1, -0.05) is 18.5 Å². The van der Waals surface area contributed by atoms with Gasteiger partial charge in [-0.25, -0.2) is 4.98 Å². The topological polar surface area (TPSA) is 51.2 Å². The van der Waals surface area contributed by atoms with Crippen molar-refractivity contribution >= 4 is 39.1 Å². The van der Waals surface area contributed by atoms with Gasteiger partial charge < -0.3 is 10.1 Å². The van der Waals surface area contributed by atoms with E-state index >= 15 is 0 Å². The first-order chi connectivity index (χ1) is 8.61. The van der Waals surface area contributed by atoms with Gasteiger partial charge in [-0.05, 0) is 34.8 Å². The van der Waals surface area contributed by atoms with Gasteiger partial charge in [0.15, 0.2) is 5.15 Å². The van der Waals surface area contributed by atoms with Gasteiger partial charge in [-0.15, -0.1) is 0 Å². The van der Waals surface area contributed by atoms with Crippen molar-refractivity contribution in [1.82, 2.24) is 4.98 Å². The van der Waals surface area contributed by atoms with Crippen LogP contribution in [0.5, 0.6) is 0 Å². The lowest BCUT2D eigenvalue weighted by atomic mass is 9.98. The van der Waals surface area contributed by atoms with E-state index in [0.29, 0.717) is 17.4 Å². The van der Waals surface area contributed by atoms with E-state index in [9.17, 15) is 4.79 Å². The maximum Gasteiger partial charge on any atom is 0.230 e. The second kappa shape index (κ2) is 5.99. The van der Waals surface area contributed by atoms with Gasteiger partial charge in [-0.3, -0.25) is 4.79 Å². The molecule has 98 valence electrons. The summed E-state index contributed by atoms with van der Waals surface area (Å²) in [7, 11) is 0. The Morgan fingerprint density at radius 2 is 2.50 bits per heavy atom. The maximum absolute atomic E-state index is 12.2. The summed E-state index contributed by atoms with van der Waals surface area (Å²) in [6, 6.07) is 1.74. The number of anilines is 1. The third-order valence-corrected chi connectivity index (χ3v) is 3.75. The summed E-state index contributed by atoms with van der Waals surface area (Å²) in [6.07, 6.45) is 3.18. The van der Waals surface area contributed by atoms with Gasteiger partial charge >= 0.3 is 0 Å². The summed E-state index contributed by atoms with van der Waals surface area (Å²) < 4.78 is 6.28. The fourth-order valence-corrected chi connectivity index (χ4v) is 2.57. The van der Waals surface area contributed by atoms with Gasteiger partial charge in [0, 0.05) is 17.3 Å². The molecular weight excluding hydrogens is 320 g/mol. The van der Waals surface area contributed by atoms with Crippen molar-refractivity contribution in [2.75, 3.05) is 11.9 Å². The van der Waals surface area contributed by atoms with Crippen LogP contribution < -0.4 is 5.32 Å². The summed E-state index contributed by atoms with van der Waals surface area (Å²) in [6.45, 7) is 2.66. The molecule has 1 N–H and O–H groups in total. The average Bonchev–Trinajstić information content (AvgIpc) is 2.82. The summed E-state index contributed by atoms with van der Waals surface area (Å²) in [4.78, 5) is 16.1. The molecule has 1 amide bonds. The molecule has 0 spiro atoms. The van der Waals surface area contributed by atoms with E-state index in [1.54, 1.807) is 12.3 Å². The molecule has 1 aromatic rings. The van der Waals surface area contributed by atoms with Gasteiger partial charge in [0.05, 0.1) is 17.7 Å². The summed E-state index contributed by atoms with van der Waals surface area (Å²) in [5.74, 6) is -0.161. The van der Waals surface area contributed by atoms with Crippen LogP contribution in [0.15, 0.2) is 16.7 Å². The Morgan fingerprint density at radius 1 is 1.72 bits per heavy atom. The molecule has 6 heteroatoms. The number of carbonyl (C=O) groups excluding carboxylic acids is 1. The minimum atomic E-state index is -0.106. The third-order valence-electron chi connectivity index (χ3n) is 3.01. The van der Waals surface area contributed by atoms with Gasteiger partial charge in [-0.2, -0.15) is 0 Å². The van der Waals surface area contributed by atoms with Crippen molar-refractivity contribution in [1.29, 1.82) is 0 Å². The van der Waals surface area contributed by atoms with Gasteiger partial charge in [0.1, 0.15) is 0 Å².